The van der Waals surface area contributed by atoms with Gasteiger partial charge >= 0.3 is 0 Å². The maximum absolute atomic E-state index is 12.1. The first-order valence-corrected chi connectivity index (χ1v) is 9.46. The standard InChI is InChI=1S/C14H16Cl2N2O4S/c1-18(10-4-5-23(21,22)8-10)14(20)7-13(19)17-12-6-9(15)2-3-11(12)16/h2-3,6,10H,4-5,7-8H2,1H3,(H,17,19). The van der Waals surface area contributed by atoms with Gasteiger partial charge in [-0.3, -0.25) is 9.59 Å². The van der Waals surface area contributed by atoms with Crippen molar-refractivity contribution in [2.24, 2.45) is 0 Å². The zero-order valence-electron chi connectivity index (χ0n) is 12.4. The molecule has 126 valence electrons. The van der Waals surface area contributed by atoms with Gasteiger partial charge < -0.3 is 10.2 Å². The Morgan fingerprint density at radius 2 is 2.04 bits per heavy atom. The van der Waals surface area contributed by atoms with E-state index in [4.69, 9.17) is 23.2 Å². The first-order chi connectivity index (χ1) is 10.7. The minimum Gasteiger partial charge on any atom is -0.341 e. The predicted molar refractivity (Wildman–Crippen MR) is 89.5 cm³/mol. The number of sulfone groups is 1. The van der Waals surface area contributed by atoms with Gasteiger partial charge in [0.25, 0.3) is 0 Å². The van der Waals surface area contributed by atoms with E-state index in [0.717, 1.165) is 0 Å². The Bertz CT molecular complexity index is 736. The fourth-order valence-electron chi connectivity index (χ4n) is 2.33. The van der Waals surface area contributed by atoms with Crippen molar-refractivity contribution in [2.45, 2.75) is 18.9 Å². The number of hydrogen-bond acceptors (Lipinski definition) is 4. The highest BCUT2D eigenvalue weighted by molar-refractivity contribution is 7.91. The number of nitrogens with zero attached hydrogens (tertiary/aromatic N) is 1. The molecule has 6 nitrogen and oxygen atoms in total. The molecule has 1 atom stereocenters. The van der Waals surface area contributed by atoms with E-state index in [1.54, 1.807) is 6.07 Å². The number of halogens is 2. The second-order valence-electron chi connectivity index (χ2n) is 5.41. The average molecular weight is 379 g/mol. The van der Waals surface area contributed by atoms with E-state index in [9.17, 15) is 18.0 Å². The van der Waals surface area contributed by atoms with Gasteiger partial charge in [-0.15, -0.1) is 0 Å². The lowest BCUT2D eigenvalue weighted by atomic mass is 10.2. The molecule has 1 N–H and O–H groups in total. The molecule has 0 aromatic heterocycles. The number of amides is 2. The van der Waals surface area contributed by atoms with Gasteiger partial charge in [-0.1, -0.05) is 23.2 Å². The molecule has 1 heterocycles. The zero-order chi connectivity index (χ0) is 17.2. The van der Waals surface area contributed by atoms with Gasteiger partial charge in [-0.05, 0) is 24.6 Å². The van der Waals surface area contributed by atoms with Crippen molar-refractivity contribution < 1.29 is 18.0 Å². The van der Waals surface area contributed by atoms with Gasteiger partial charge in [0.15, 0.2) is 9.84 Å². The highest BCUT2D eigenvalue weighted by atomic mass is 35.5. The predicted octanol–water partition coefficient (Wildman–Crippen LogP) is 1.97. The summed E-state index contributed by atoms with van der Waals surface area (Å²) in [6.07, 6.45) is 0.00219. The van der Waals surface area contributed by atoms with Crippen molar-refractivity contribution >= 4 is 50.5 Å². The number of hydrogen-bond donors (Lipinski definition) is 1. The summed E-state index contributed by atoms with van der Waals surface area (Å²) >= 11 is 11.8. The number of nitrogens with one attached hydrogen (secondary N) is 1. The van der Waals surface area contributed by atoms with Crippen LogP contribution in [0.15, 0.2) is 18.2 Å². The number of benzene rings is 1. The van der Waals surface area contributed by atoms with Crippen LogP contribution in [0.2, 0.25) is 10.0 Å². The second-order valence-corrected chi connectivity index (χ2v) is 8.48. The van der Waals surface area contributed by atoms with Crippen molar-refractivity contribution in [3.63, 3.8) is 0 Å². The van der Waals surface area contributed by atoms with Crippen LogP contribution in [-0.2, 0) is 19.4 Å². The SMILES string of the molecule is CN(C(=O)CC(=O)Nc1cc(Cl)ccc1Cl)C1CCS(=O)(=O)C1. The molecule has 2 amide bonds. The van der Waals surface area contributed by atoms with Crippen LogP contribution in [0.5, 0.6) is 0 Å². The monoisotopic (exact) mass is 378 g/mol. The third-order valence-corrected chi connectivity index (χ3v) is 5.98. The Morgan fingerprint density at radius 3 is 2.65 bits per heavy atom. The largest absolute Gasteiger partial charge is 0.341 e. The Hall–Kier alpha value is -1.31. The lowest BCUT2D eigenvalue weighted by molar-refractivity contribution is -0.134. The van der Waals surface area contributed by atoms with Crippen molar-refractivity contribution in [1.29, 1.82) is 0 Å². The van der Waals surface area contributed by atoms with Crippen molar-refractivity contribution in [1.82, 2.24) is 4.90 Å². The van der Waals surface area contributed by atoms with Crippen molar-refractivity contribution in [3.8, 4) is 0 Å². The molecule has 23 heavy (non-hydrogen) atoms. The molecule has 0 spiro atoms. The molecule has 0 radical (unpaired) electrons. The summed E-state index contributed by atoms with van der Waals surface area (Å²) in [7, 11) is -1.58. The molecule has 1 aromatic carbocycles. The molecule has 1 aliphatic rings. The van der Waals surface area contributed by atoms with Crippen LogP contribution in [-0.4, -0.2) is 49.7 Å². The third kappa shape index (κ3) is 4.83. The lowest BCUT2D eigenvalue weighted by Gasteiger charge is -2.23. The number of carbonyl (C=O) groups excluding carboxylic acids is 2. The molecular weight excluding hydrogens is 363 g/mol. The van der Waals surface area contributed by atoms with Gasteiger partial charge in [0.2, 0.25) is 11.8 Å². The van der Waals surface area contributed by atoms with Crippen LogP contribution < -0.4 is 5.32 Å². The molecule has 1 aromatic rings. The first kappa shape index (κ1) is 18.0. The summed E-state index contributed by atoms with van der Waals surface area (Å²) < 4.78 is 22.9. The molecule has 0 aliphatic carbocycles. The summed E-state index contributed by atoms with van der Waals surface area (Å²) in [5.74, 6) is -0.967. The van der Waals surface area contributed by atoms with E-state index in [1.165, 1.54) is 24.1 Å². The maximum Gasteiger partial charge on any atom is 0.233 e. The van der Waals surface area contributed by atoms with E-state index >= 15 is 0 Å². The molecule has 0 bridgehead atoms. The Balaban J connectivity index is 1.94. The van der Waals surface area contributed by atoms with Crippen LogP contribution in [0.25, 0.3) is 0 Å². The fraction of sp³-hybridized carbons (Fsp3) is 0.429. The van der Waals surface area contributed by atoms with Gasteiger partial charge in [0, 0.05) is 18.1 Å². The third-order valence-electron chi connectivity index (χ3n) is 3.66. The Labute approximate surface area is 144 Å². The van der Waals surface area contributed by atoms with E-state index in [2.05, 4.69) is 5.32 Å². The van der Waals surface area contributed by atoms with Crippen LogP contribution >= 0.6 is 23.2 Å². The molecule has 1 saturated heterocycles. The summed E-state index contributed by atoms with van der Waals surface area (Å²) in [6.45, 7) is 0. The van der Waals surface area contributed by atoms with E-state index in [-0.39, 0.29) is 17.5 Å². The second kappa shape index (κ2) is 7.07. The van der Waals surface area contributed by atoms with Gasteiger partial charge in [-0.25, -0.2) is 8.42 Å². The van der Waals surface area contributed by atoms with Crippen LogP contribution in [0.3, 0.4) is 0 Å². The smallest absolute Gasteiger partial charge is 0.233 e. The normalized spacial score (nSPS) is 19.3. The fourth-order valence-corrected chi connectivity index (χ4v) is 4.45. The summed E-state index contributed by atoms with van der Waals surface area (Å²) in [5, 5.41) is 3.24. The molecule has 2 rings (SSSR count). The first-order valence-electron chi connectivity index (χ1n) is 6.89. The number of anilines is 1. The van der Waals surface area contributed by atoms with E-state index in [0.29, 0.717) is 22.2 Å². The zero-order valence-corrected chi connectivity index (χ0v) is 14.7. The lowest BCUT2D eigenvalue weighted by Crippen LogP contribution is -2.39. The minimum atomic E-state index is -3.09. The summed E-state index contributed by atoms with van der Waals surface area (Å²) in [5.41, 5.74) is 0.322. The maximum atomic E-state index is 12.1. The van der Waals surface area contributed by atoms with Gasteiger partial charge in [0.05, 0.1) is 22.2 Å². The molecule has 1 aliphatic heterocycles. The highest BCUT2D eigenvalue weighted by Crippen LogP contribution is 2.25. The van der Waals surface area contributed by atoms with Crippen LogP contribution in [0.4, 0.5) is 5.69 Å². The van der Waals surface area contributed by atoms with E-state index in [1.807, 2.05) is 0 Å². The molecule has 1 unspecified atom stereocenters. The molecular formula is C14H16Cl2N2O4S. The Morgan fingerprint density at radius 1 is 1.35 bits per heavy atom. The van der Waals surface area contributed by atoms with Crippen LogP contribution in [0, 0.1) is 0 Å². The van der Waals surface area contributed by atoms with Gasteiger partial charge in [-0.2, -0.15) is 0 Å². The molecule has 9 heteroatoms. The number of carbonyl (C=O) groups is 2. The highest BCUT2D eigenvalue weighted by Gasteiger charge is 2.33. The van der Waals surface area contributed by atoms with Crippen molar-refractivity contribution in [2.75, 3.05) is 23.9 Å². The summed E-state index contributed by atoms with van der Waals surface area (Å²) in [4.78, 5) is 25.4. The quantitative estimate of drug-likeness (QED) is 0.811. The van der Waals surface area contributed by atoms with E-state index < -0.39 is 28.1 Å². The summed E-state index contributed by atoms with van der Waals surface area (Å²) in [6, 6.07) is 4.23. The number of rotatable bonds is 4. The molecule has 0 saturated carbocycles. The average Bonchev–Trinajstić information content (AvgIpc) is 2.82. The minimum absolute atomic E-state index is 0.0586. The van der Waals surface area contributed by atoms with Crippen LogP contribution in [0.1, 0.15) is 12.8 Å². The van der Waals surface area contributed by atoms with Gasteiger partial charge in [0.1, 0.15) is 6.42 Å². The van der Waals surface area contributed by atoms with Crippen molar-refractivity contribution in [3.05, 3.63) is 28.2 Å². The Kier molecular flexibility index (Phi) is 5.54. The molecule has 1 fully saturated rings. The topological polar surface area (TPSA) is 83.6 Å².